The van der Waals surface area contributed by atoms with E-state index in [1.807, 2.05) is 4.90 Å². The highest BCUT2D eigenvalue weighted by Gasteiger charge is 2.27. The third-order valence-corrected chi connectivity index (χ3v) is 3.94. The molecule has 1 amide bonds. The molecule has 1 aliphatic rings. The molecular weight excluding hydrogens is 242 g/mol. The van der Waals surface area contributed by atoms with E-state index in [0.29, 0.717) is 18.8 Å². The normalized spacial score (nSPS) is 21.2. The van der Waals surface area contributed by atoms with Crippen LogP contribution in [-0.2, 0) is 9.59 Å². The molecule has 1 fully saturated rings. The maximum atomic E-state index is 12.3. The predicted octanol–water partition coefficient (Wildman–Crippen LogP) is 3.06. The Bertz CT molecular complexity index is 304. The molecule has 0 bridgehead atoms. The van der Waals surface area contributed by atoms with Gasteiger partial charge in [-0.3, -0.25) is 9.59 Å². The second-order valence-electron chi connectivity index (χ2n) is 5.77. The first-order valence-electron chi connectivity index (χ1n) is 7.55. The van der Waals surface area contributed by atoms with Gasteiger partial charge in [0.2, 0.25) is 5.91 Å². The average molecular weight is 269 g/mol. The van der Waals surface area contributed by atoms with Gasteiger partial charge >= 0.3 is 5.97 Å². The van der Waals surface area contributed by atoms with Gasteiger partial charge in [-0.25, -0.2) is 0 Å². The SMILES string of the molecule is CCCC(C)CC(=O)N1CCCCC1CCC(=O)O. The highest BCUT2D eigenvalue weighted by atomic mass is 16.4. The molecule has 0 saturated carbocycles. The van der Waals surface area contributed by atoms with Gasteiger partial charge in [0.05, 0.1) is 0 Å². The largest absolute Gasteiger partial charge is 0.481 e. The Morgan fingerprint density at radius 2 is 2.11 bits per heavy atom. The summed E-state index contributed by atoms with van der Waals surface area (Å²) in [5, 5.41) is 8.78. The number of hydrogen-bond acceptors (Lipinski definition) is 2. The lowest BCUT2D eigenvalue weighted by atomic mass is 9.95. The number of rotatable bonds is 7. The van der Waals surface area contributed by atoms with Crippen LogP contribution in [-0.4, -0.2) is 34.5 Å². The lowest BCUT2D eigenvalue weighted by molar-refractivity contribution is -0.140. The number of nitrogens with zero attached hydrogens (tertiary/aromatic N) is 1. The van der Waals surface area contributed by atoms with Crippen LogP contribution in [0.25, 0.3) is 0 Å². The van der Waals surface area contributed by atoms with Crippen LogP contribution >= 0.6 is 0 Å². The van der Waals surface area contributed by atoms with E-state index in [1.165, 1.54) is 0 Å². The molecule has 110 valence electrons. The summed E-state index contributed by atoms with van der Waals surface area (Å²) in [5.74, 6) is -0.118. The predicted molar refractivity (Wildman–Crippen MR) is 74.9 cm³/mol. The van der Waals surface area contributed by atoms with E-state index >= 15 is 0 Å². The van der Waals surface area contributed by atoms with Crippen molar-refractivity contribution in [2.45, 2.75) is 71.3 Å². The Morgan fingerprint density at radius 1 is 1.37 bits per heavy atom. The Labute approximate surface area is 116 Å². The molecule has 0 spiro atoms. The third kappa shape index (κ3) is 5.62. The van der Waals surface area contributed by atoms with Crippen LogP contribution in [0, 0.1) is 5.92 Å². The monoisotopic (exact) mass is 269 g/mol. The molecule has 2 atom stereocenters. The Hall–Kier alpha value is -1.06. The fourth-order valence-corrected chi connectivity index (χ4v) is 2.93. The zero-order valence-corrected chi connectivity index (χ0v) is 12.2. The first-order valence-corrected chi connectivity index (χ1v) is 7.55. The van der Waals surface area contributed by atoms with E-state index in [0.717, 1.165) is 38.6 Å². The second-order valence-corrected chi connectivity index (χ2v) is 5.77. The van der Waals surface area contributed by atoms with Crippen molar-refractivity contribution in [2.24, 2.45) is 5.92 Å². The highest BCUT2D eigenvalue weighted by molar-refractivity contribution is 5.77. The van der Waals surface area contributed by atoms with Gasteiger partial charge in [-0.1, -0.05) is 26.7 Å². The number of piperidine rings is 1. The summed E-state index contributed by atoms with van der Waals surface area (Å²) in [5.41, 5.74) is 0. The summed E-state index contributed by atoms with van der Waals surface area (Å²) in [4.78, 5) is 24.9. The average Bonchev–Trinajstić information content (AvgIpc) is 2.36. The van der Waals surface area contributed by atoms with Crippen molar-refractivity contribution in [1.82, 2.24) is 4.90 Å². The number of amides is 1. The van der Waals surface area contributed by atoms with Gasteiger partial charge in [0, 0.05) is 25.4 Å². The van der Waals surface area contributed by atoms with Crippen LogP contribution in [0.15, 0.2) is 0 Å². The first kappa shape index (κ1) is 16.0. The summed E-state index contributed by atoms with van der Waals surface area (Å²) >= 11 is 0. The van der Waals surface area contributed by atoms with Crippen LogP contribution in [0.5, 0.6) is 0 Å². The molecule has 1 aliphatic heterocycles. The molecular formula is C15H27NO3. The quantitative estimate of drug-likeness (QED) is 0.772. The lowest BCUT2D eigenvalue weighted by Gasteiger charge is -2.36. The maximum absolute atomic E-state index is 12.3. The molecule has 0 aromatic heterocycles. The molecule has 0 aromatic carbocycles. The summed E-state index contributed by atoms with van der Waals surface area (Å²) in [6, 6.07) is 0.145. The highest BCUT2D eigenvalue weighted by Crippen LogP contribution is 2.23. The van der Waals surface area contributed by atoms with Crippen LogP contribution in [0.2, 0.25) is 0 Å². The minimum Gasteiger partial charge on any atom is -0.481 e. The van der Waals surface area contributed by atoms with Crippen molar-refractivity contribution >= 4 is 11.9 Å². The molecule has 4 heteroatoms. The minimum absolute atomic E-state index is 0.145. The van der Waals surface area contributed by atoms with E-state index in [1.54, 1.807) is 0 Å². The van der Waals surface area contributed by atoms with Crippen LogP contribution in [0.4, 0.5) is 0 Å². The number of hydrogen-bond donors (Lipinski definition) is 1. The fourth-order valence-electron chi connectivity index (χ4n) is 2.93. The molecule has 1 heterocycles. The molecule has 2 unspecified atom stereocenters. The van der Waals surface area contributed by atoms with Gasteiger partial charge in [-0.15, -0.1) is 0 Å². The summed E-state index contributed by atoms with van der Waals surface area (Å²) in [6.07, 6.45) is 6.69. The number of carboxylic acids is 1. The van der Waals surface area contributed by atoms with Crippen molar-refractivity contribution in [2.75, 3.05) is 6.54 Å². The zero-order chi connectivity index (χ0) is 14.3. The zero-order valence-electron chi connectivity index (χ0n) is 12.2. The van der Waals surface area contributed by atoms with E-state index in [9.17, 15) is 9.59 Å². The fraction of sp³-hybridized carbons (Fsp3) is 0.867. The molecule has 0 aliphatic carbocycles. The van der Waals surface area contributed by atoms with E-state index in [2.05, 4.69) is 13.8 Å². The molecule has 19 heavy (non-hydrogen) atoms. The Balaban J connectivity index is 2.50. The summed E-state index contributed by atoms with van der Waals surface area (Å²) in [6.45, 7) is 5.07. The van der Waals surface area contributed by atoms with E-state index < -0.39 is 5.97 Å². The number of carbonyl (C=O) groups excluding carboxylic acids is 1. The smallest absolute Gasteiger partial charge is 0.303 e. The third-order valence-electron chi connectivity index (χ3n) is 3.94. The Morgan fingerprint density at radius 3 is 2.74 bits per heavy atom. The summed E-state index contributed by atoms with van der Waals surface area (Å²) < 4.78 is 0. The van der Waals surface area contributed by atoms with Crippen molar-refractivity contribution in [3.05, 3.63) is 0 Å². The number of aliphatic carboxylic acids is 1. The van der Waals surface area contributed by atoms with Crippen molar-refractivity contribution < 1.29 is 14.7 Å². The standard InChI is InChI=1S/C15H27NO3/c1-3-6-12(2)11-14(17)16-10-5-4-7-13(16)8-9-15(18)19/h12-13H,3-11H2,1-2H3,(H,18,19). The molecule has 4 nitrogen and oxygen atoms in total. The van der Waals surface area contributed by atoms with Gasteiger partial charge in [-0.2, -0.15) is 0 Å². The first-order chi connectivity index (χ1) is 9.04. The lowest BCUT2D eigenvalue weighted by Crippen LogP contribution is -2.44. The topological polar surface area (TPSA) is 57.6 Å². The molecule has 1 N–H and O–H groups in total. The van der Waals surface area contributed by atoms with Gasteiger partial charge in [0.25, 0.3) is 0 Å². The van der Waals surface area contributed by atoms with Crippen LogP contribution in [0.3, 0.4) is 0 Å². The van der Waals surface area contributed by atoms with Crippen molar-refractivity contribution in [3.63, 3.8) is 0 Å². The molecule has 1 saturated heterocycles. The van der Waals surface area contributed by atoms with Gasteiger partial charge in [0.15, 0.2) is 0 Å². The van der Waals surface area contributed by atoms with Gasteiger partial charge < -0.3 is 10.0 Å². The molecule has 0 radical (unpaired) electrons. The van der Waals surface area contributed by atoms with Crippen molar-refractivity contribution in [3.8, 4) is 0 Å². The number of carbonyl (C=O) groups is 2. The van der Waals surface area contributed by atoms with Gasteiger partial charge in [-0.05, 0) is 31.6 Å². The van der Waals surface area contributed by atoms with Gasteiger partial charge in [0.1, 0.15) is 0 Å². The van der Waals surface area contributed by atoms with E-state index in [-0.39, 0.29) is 18.4 Å². The summed E-state index contributed by atoms with van der Waals surface area (Å²) in [7, 11) is 0. The molecule has 1 rings (SSSR count). The van der Waals surface area contributed by atoms with Crippen LogP contribution < -0.4 is 0 Å². The van der Waals surface area contributed by atoms with Crippen LogP contribution in [0.1, 0.15) is 65.2 Å². The Kier molecular flexibility index (Phi) is 6.89. The minimum atomic E-state index is -0.766. The number of likely N-dealkylation sites (tertiary alicyclic amines) is 1. The second kappa shape index (κ2) is 8.18. The maximum Gasteiger partial charge on any atom is 0.303 e. The van der Waals surface area contributed by atoms with Crippen molar-refractivity contribution in [1.29, 1.82) is 0 Å². The van der Waals surface area contributed by atoms with E-state index in [4.69, 9.17) is 5.11 Å². The molecule has 0 aromatic rings. The number of carboxylic acid groups (broad SMARTS) is 1.